The maximum absolute atomic E-state index is 13.1. The molecule has 3 heterocycles. The van der Waals surface area contributed by atoms with Crippen molar-refractivity contribution in [3.8, 4) is 28.4 Å². The fourth-order valence-corrected chi connectivity index (χ4v) is 4.37. The summed E-state index contributed by atoms with van der Waals surface area (Å²) < 4.78 is 26.1. The Bertz CT molecular complexity index is 1290. The second kappa shape index (κ2) is 7.55. The molecule has 1 aliphatic rings. The van der Waals surface area contributed by atoms with Crippen LogP contribution in [-0.4, -0.2) is 22.3 Å². The molecule has 0 saturated heterocycles. The lowest BCUT2D eigenvalue weighted by Gasteiger charge is -2.10. The maximum atomic E-state index is 13.1. The summed E-state index contributed by atoms with van der Waals surface area (Å²) >= 11 is 1.34. The minimum Gasteiger partial charge on any atom is -0.454 e. The Kier molecular flexibility index (Phi) is 4.71. The van der Waals surface area contributed by atoms with Crippen LogP contribution in [0.2, 0.25) is 0 Å². The Morgan fingerprint density at radius 2 is 1.87 bits per heavy atom. The van der Waals surface area contributed by atoms with Crippen molar-refractivity contribution in [3.63, 3.8) is 0 Å². The van der Waals surface area contributed by atoms with Crippen molar-refractivity contribution in [2.75, 3.05) is 12.1 Å². The number of rotatable bonds is 4. The number of carbonyl (C=O) groups excluding carboxylic acids is 1. The molecule has 1 N–H and O–H groups in total. The quantitative estimate of drug-likeness (QED) is 0.470. The fourth-order valence-electron chi connectivity index (χ4n) is 3.67. The lowest BCUT2D eigenvalue weighted by atomic mass is 10.2. The average molecular weight is 435 g/mol. The highest BCUT2D eigenvalue weighted by molar-refractivity contribution is 7.14. The summed E-state index contributed by atoms with van der Waals surface area (Å²) in [6.07, 6.45) is 0. The summed E-state index contributed by atoms with van der Waals surface area (Å²) in [5.74, 6) is 0.760. The molecule has 0 aliphatic carbocycles. The SMILES string of the molecule is Cc1cc(-c2csc(NC(=O)c3ccc(F)cc3)n2)c(C)n1-c1ccc2c(c1)OCO2. The smallest absolute Gasteiger partial charge is 0.257 e. The standard InChI is InChI=1S/C23H18FN3O3S/c1-13-9-18(14(2)27(13)17-7-8-20-21(10-17)30-12-29-20)19-11-31-23(25-19)26-22(28)15-3-5-16(24)6-4-15/h3-11H,12H2,1-2H3,(H,25,26,28). The number of amides is 1. The summed E-state index contributed by atoms with van der Waals surface area (Å²) in [5, 5.41) is 5.17. The zero-order valence-electron chi connectivity index (χ0n) is 16.8. The molecule has 0 atom stereocenters. The van der Waals surface area contributed by atoms with E-state index >= 15 is 0 Å². The fraction of sp³-hybridized carbons (Fsp3) is 0.130. The number of nitrogens with zero attached hydrogens (tertiary/aromatic N) is 2. The zero-order valence-corrected chi connectivity index (χ0v) is 17.6. The first-order chi connectivity index (χ1) is 15.0. The van der Waals surface area contributed by atoms with E-state index in [1.54, 1.807) is 0 Å². The monoisotopic (exact) mass is 435 g/mol. The van der Waals surface area contributed by atoms with E-state index in [2.05, 4.69) is 20.9 Å². The van der Waals surface area contributed by atoms with Crippen LogP contribution < -0.4 is 14.8 Å². The lowest BCUT2D eigenvalue weighted by molar-refractivity contribution is 0.102. The minimum absolute atomic E-state index is 0.235. The normalized spacial score (nSPS) is 12.2. The van der Waals surface area contributed by atoms with Crippen LogP contribution in [0, 0.1) is 19.7 Å². The third-order valence-electron chi connectivity index (χ3n) is 5.15. The molecule has 1 amide bonds. The Morgan fingerprint density at radius 1 is 1.10 bits per heavy atom. The van der Waals surface area contributed by atoms with Crippen molar-refractivity contribution in [3.05, 3.63) is 76.7 Å². The van der Waals surface area contributed by atoms with Gasteiger partial charge in [-0.2, -0.15) is 0 Å². The number of carbonyl (C=O) groups is 1. The molecule has 0 saturated carbocycles. The van der Waals surface area contributed by atoms with Gasteiger partial charge in [0, 0.05) is 39.6 Å². The number of thiazole rings is 1. The lowest BCUT2D eigenvalue weighted by Crippen LogP contribution is -2.11. The summed E-state index contributed by atoms with van der Waals surface area (Å²) in [7, 11) is 0. The van der Waals surface area contributed by atoms with Gasteiger partial charge in [0.2, 0.25) is 6.79 Å². The summed E-state index contributed by atoms with van der Waals surface area (Å²) in [6.45, 7) is 4.30. The second-order valence-electron chi connectivity index (χ2n) is 7.16. The van der Waals surface area contributed by atoms with E-state index < -0.39 is 0 Å². The van der Waals surface area contributed by atoms with E-state index in [1.165, 1.54) is 35.6 Å². The number of aryl methyl sites for hydroxylation is 1. The molecule has 0 radical (unpaired) electrons. The molecule has 8 heteroatoms. The third kappa shape index (κ3) is 3.55. The zero-order chi connectivity index (χ0) is 21.5. The highest BCUT2D eigenvalue weighted by atomic mass is 32.1. The number of ether oxygens (including phenoxy) is 2. The van der Waals surface area contributed by atoms with Crippen LogP contribution in [0.4, 0.5) is 9.52 Å². The molecule has 0 fully saturated rings. The van der Waals surface area contributed by atoms with E-state index in [9.17, 15) is 9.18 Å². The molecule has 1 aliphatic heterocycles. The molecule has 2 aromatic heterocycles. The number of benzene rings is 2. The highest BCUT2D eigenvalue weighted by Gasteiger charge is 2.19. The molecule has 156 valence electrons. The van der Waals surface area contributed by atoms with Gasteiger partial charge in [-0.3, -0.25) is 10.1 Å². The summed E-state index contributed by atoms with van der Waals surface area (Å²) in [6, 6.07) is 13.3. The topological polar surface area (TPSA) is 65.4 Å². The van der Waals surface area contributed by atoms with E-state index in [-0.39, 0.29) is 18.5 Å². The van der Waals surface area contributed by atoms with Crippen LogP contribution in [-0.2, 0) is 0 Å². The molecule has 0 spiro atoms. The predicted octanol–water partition coefficient (Wildman–Crippen LogP) is 5.34. The number of aromatic nitrogens is 2. The molecule has 2 aromatic carbocycles. The number of halogens is 1. The van der Waals surface area contributed by atoms with Gasteiger partial charge in [0.05, 0.1) is 5.69 Å². The van der Waals surface area contributed by atoms with E-state index in [0.717, 1.165) is 39.8 Å². The van der Waals surface area contributed by atoms with Crippen LogP contribution in [0.1, 0.15) is 21.7 Å². The van der Waals surface area contributed by atoms with Gasteiger partial charge in [-0.25, -0.2) is 9.37 Å². The molecule has 0 unspecified atom stereocenters. The van der Waals surface area contributed by atoms with Crippen molar-refractivity contribution in [2.45, 2.75) is 13.8 Å². The van der Waals surface area contributed by atoms with Crippen LogP contribution in [0.3, 0.4) is 0 Å². The first-order valence-electron chi connectivity index (χ1n) is 9.61. The van der Waals surface area contributed by atoms with Crippen molar-refractivity contribution in [1.82, 2.24) is 9.55 Å². The summed E-state index contributed by atoms with van der Waals surface area (Å²) in [4.78, 5) is 17.0. The van der Waals surface area contributed by atoms with Crippen LogP contribution in [0.5, 0.6) is 11.5 Å². The molecular weight excluding hydrogens is 417 g/mol. The molecule has 6 nitrogen and oxygen atoms in total. The Labute approximate surface area is 181 Å². The molecule has 4 aromatic rings. The number of anilines is 1. The molecular formula is C23H18FN3O3S. The van der Waals surface area contributed by atoms with Gasteiger partial charge in [0.1, 0.15) is 5.82 Å². The second-order valence-corrected chi connectivity index (χ2v) is 8.01. The first kappa shape index (κ1) is 19.3. The number of nitrogens with one attached hydrogen (secondary N) is 1. The van der Waals surface area contributed by atoms with Gasteiger partial charge < -0.3 is 14.0 Å². The van der Waals surface area contributed by atoms with Crippen molar-refractivity contribution in [2.24, 2.45) is 0 Å². The van der Waals surface area contributed by atoms with E-state index in [4.69, 9.17) is 9.47 Å². The van der Waals surface area contributed by atoms with Crippen LogP contribution >= 0.6 is 11.3 Å². The Morgan fingerprint density at radius 3 is 2.68 bits per heavy atom. The van der Waals surface area contributed by atoms with Crippen molar-refractivity contribution >= 4 is 22.4 Å². The largest absolute Gasteiger partial charge is 0.454 e. The maximum Gasteiger partial charge on any atom is 0.257 e. The van der Waals surface area contributed by atoms with Crippen molar-refractivity contribution in [1.29, 1.82) is 0 Å². The predicted molar refractivity (Wildman–Crippen MR) is 117 cm³/mol. The van der Waals surface area contributed by atoms with Crippen molar-refractivity contribution < 1.29 is 18.7 Å². The number of hydrogen-bond acceptors (Lipinski definition) is 5. The molecule has 31 heavy (non-hydrogen) atoms. The molecule has 5 rings (SSSR count). The first-order valence-corrected chi connectivity index (χ1v) is 10.5. The number of fused-ring (bicyclic) bond motifs is 1. The van der Waals surface area contributed by atoms with Gasteiger partial charge in [0.25, 0.3) is 5.91 Å². The van der Waals surface area contributed by atoms with Gasteiger partial charge in [-0.1, -0.05) is 0 Å². The summed E-state index contributed by atoms with van der Waals surface area (Å²) in [5.41, 5.74) is 5.19. The van der Waals surface area contributed by atoms with Gasteiger partial charge in [0.15, 0.2) is 16.6 Å². The van der Waals surface area contributed by atoms with Gasteiger partial charge in [-0.05, 0) is 56.3 Å². The molecule has 0 bridgehead atoms. The van der Waals surface area contributed by atoms with E-state index in [0.29, 0.717) is 10.7 Å². The van der Waals surface area contributed by atoms with Crippen LogP contribution in [0.15, 0.2) is 53.9 Å². The Hall–Kier alpha value is -3.65. The van der Waals surface area contributed by atoms with Crippen LogP contribution in [0.25, 0.3) is 16.9 Å². The highest BCUT2D eigenvalue weighted by Crippen LogP contribution is 2.36. The van der Waals surface area contributed by atoms with Gasteiger partial charge >= 0.3 is 0 Å². The number of hydrogen-bond donors (Lipinski definition) is 1. The van der Waals surface area contributed by atoms with E-state index in [1.807, 2.05) is 37.4 Å². The minimum atomic E-state index is -0.383. The Balaban J connectivity index is 1.42. The van der Waals surface area contributed by atoms with Gasteiger partial charge in [-0.15, -0.1) is 11.3 Å². The average Bonchev–Trinajstić information content (AvgIpc) is 3.47. The third-order valence-corrected chi connectivity index (χ3v) is 5.91.